The summed E-state index contributed by atoms with van der Waals surface area (Å²) in [5.74, 6) is 0.0910. The fraction of sp³-hybridized carbons (Fsp3) is 0.467. The molecule has 0 spiro atoms. The Morgan fingerprint density at radius 2 is 2.40 bits per heavy atom. The van der Waals surface area contributed by atoms with E-state index in [0.29, 0.717) is 12.5 Å². The number of carbonyl (C=O) groups is 1. The van der Waals surface area contributed by atoms with E-state index in [9.17, 15) is 9.90 Å². The van der Waals surface area contributed by atoms with Crippen molar-refractivity contribution in [2.75, 3.05) is 6.61 Å². The van der Waals surface area contributed by atoms with Crippen LogP contribution < -0.4 is 10.1 Å². The van der Waals surface area contributed by atoms with Crippen molar-refractivity contribution < 1.29 is 14.6 Å². The number of aliphatic hydroxyl groups excluding tert-OH is 1. The summed E-state index contributed by atoms with van der Waals surface area (Å²) in [6.45, 7) is 4.72. The van der Waals surface area contributed by atoms with E-state index in [-0.39, 0.29) is 6.54 Å². The van der Waals surface area contributed by atoms with Crippen LogP contribution in [0.5, 0.6) is 5.88 Å². The molecular weight excluding hydrogens is 256 g/mol. The molecule has 1 amide bonds. The van der Waals surface area contributed by atoms with E-state index in [2.05, 4.69) is 17.2 Å². The molecule has 1 rings (SSSR count). The van der Waals surface area contributed by atoms with Gasteiger partial charge in [0.05, 0.1) is 6.61 Å². The highest BCUT2D eigenvalue weighted by atomic mass is 16.5. The summed E-state index contributed by atoms with van der Waals surface area (Å²) >= 11 is 0. The lowest BCUT2D eigenvalue weighted by molar-refractivity contribution is -0.127. The van der Waals surface area contributed by atoms with Crippen LogP contribution in [-0.2, 0) is 11.3 Å². The van der Waals surface area contributed by atoms with E-state index in [1.54, 1.807) is 25.3 Å². The summed E-state index contributed by atoms with van der Waals surface area (Å²) < 4.78 is 5.58. The van der Waals surface area contributed by atoms with Crippen molar-refractivity contribution in [1.29, 1.82) is 0 Å². The molecular formula is C15H22N2O3. The number of rotatable bonds is 8. The maximum absolute atomic E-state index is 11.6. The molecule has 0 saturated carbocycles. The number of nitrogens with one attached hydrogen (secondary N) is 1. The first-order valence-corrected chi connectivity index (χ1v) is 6.84. The van der Waals surface area contributed by atoms with E-state index in [1.807, 2.05) is 6.07 Å². The number of hydrogen-bond acceptors (Lipinski definition) is 4. The molecule has 0 aliphatic rings. The minimum atomic E-state index is -1.12. The van der Waals surface area contributed by atoms with Crippen LogP contribution in [0.25, 0.3) is 0 Å². The SMILES string of the molecule is CC=CC(O)C(=O)NCc1cccnc1OCCCC. The predicted molar refractivity (Wildman–Crippen MR) is 77.3 cm³/mol. The fourth-order valence-corrected chi connectivity index (χ4v) is 1.56. The number of carbonyl (C=O) groups excluding carboxylic acids is 1. The van der Waals surface area contributed by atoms with Gasteiger partial charge in [-0.1, -0.05) is 31.6 Å². The van der Waals surface area contributed by atoms with Crippen molar-refractivity contribution in [2.24, 2.45) is 0 Å². The number of nitrogens with zero attached hydrogens (tertiary/aromatic N) is 1. The molecule has 2 N–H and O–H groups in total. The second kappa shape index (κ2) is 9.09. The molecule has 0 bridgehead atoms. The third kappa shape index (κ3) is 5.40. The first-order chi connectivity index (χ1) is 9.69. The average molecular weight is 278 g/mol. The average Bonchev–Trinajstić information content (AvgIpc) is 2.46. The number of allylic oxidation sites excluding steroid dienone is 1. The van der Waals surface area contributed by atoms with Crippen LogP contribution in [0.4, 0.5) is 0 Å². The van der Waals surface area contributed by atoms with Crippen LogP contribution in [-0.4, -0.2) is 28.7 Å². The monoisotopic (exact) mass is 278 g/mol. The Kier molecular flexibility index (Phi) is 7.35. The maximum atomic E-state index is 11.6. The van der Waals surface area contributed by atoms with Crippen molar-refractivity contribution in [2.45, 2.75) is 39.3 Å². The van der Waals surface area contributed by atoms with Crippen molar-refractivity contribution in [3.05, 3.63) is 36.0 Å². The molecule has 5 nitrogen and oxygen atoms in total. The number of aliphatic hydroxyl groups is 1. The Morgan fingerprint density at radius 1 is 1.60 bits per heavy atom. The standard InChI is InChI=1S/C15H22N2O3/c1-3-5-10-20-15-12(8-6-9-16-15)11-17-14(19)13(18)7-4-2/h4,6-9,13,18H,3,5,10-11H2,1-2H3,(H,17,19). The molecule has 0 radical (unpaired) electrons. The lowest BCUT2D eigenvalue weighted by Crippen LogP contribution is -2.32. The van der Waals surface area contributed by atoms with Gasteiger partial charge in [0.2, 0.25) is 5.88 Å². The zero-order chi connectivity index (χ0) is 14.8. The molecule has 1 heterocycles. The van der Waals surface area contributed by atoms with Crippen LogP contribution in [0.15, 0.2) is 30.5 Å². The van der Waals surface area contributed by atoms with Crippen molar-refractivity contribution in [1.82, 2.24) is 10.3 Å². The Labute approximate surface area is 119 Å². The summed E-state index contributed by atoms with van der Waals surface area (Å²) in [5, 5.41) is 12.1. The second-order valence-corrected chi connectivity index (χ2v) is 4.36. The summed E-state index contributed by atoms with van der Waals surface area (Å²) in [4.78, 5) is 15.8. The van der Waals surface area contributed by atoms with Gasteiger partial charge in [0.25, 0.3) is 5.91 Å². The molecule has 5 heteroatoms. The number of unbranched alkanes of at least 4 members (excludes halogenated alkanes) is 1. The van der Waals surface area contributed by atoms with Gasteiger partial charge in [0, 0.05) is 18.3 Å². The third-order valence-corrected chi connectivity index (χ3v) is 2.68. The number of hydrogen-bond donors (Lipinski definition) is 2. The number of ether oxygens (including phenoxy) is 1. The highest BCUT2D eigenvalue weighted by Gasteiger charge is 2.12. The van der Waals surface area contributed by atoms with E-state index in [4.69, 9.17) is 4.74 Å². The van der Waals surface area contributed by atoms with Gasteiger partial charge in [-0.3, -0.25) is 4.79 Å². The molecule has 110 valence electrons. The second-order valence-electron chi connectivity index (χ2n) is 4.36. The first kappa shape index (κ1) is 16.2. The molecule has 1 aromatic heterocycles. The molecule has 1 unspecified atom stereocenters. The summed E-state index contributed by atoms with van der Waals surface area (Å²) in [6, 6.07) is 3.63. The zero-order valence-corrected chi connectivity index (χ0v) is 12.0. The number of aromatic nitrogens is 1. The smallest absolute Gasteiger partial charge is 0.253 e. The van der Waals surface area contributed by atoms with Crippen LogP contribution in [0, 0.1) is 0 Å². The van der Waals surface area contributed by atoms with Crippen molar-refractivity contribution in [3.8, 4) is 5.88 Å². The summed E-state index contributed by atoms with van der Waals surface area (Å²) in [6.07, 6.45) is 5.60. The van der Waals surface area contributed by atoms with E-state index >= 15 is 0 Å². The largest absolute Gasteiger partial charge is 0.477 e. The molecule has 0 fully saturated rings. The van der Waals surface area contributed by atoms with Gasteiger partial charge in [-0.2, -0.15) is 0 Å². The van der Waals surface area contributed by atoms with Crippen LogP contribution in [0.1, 0.15) is 32.3 Å². The fourth-order valence-electron chi connectivity index (χ4n) is 1.56. The quantitative estimate of drug-likeness (QED) is 0.562. The zero-order valence-electron chi connectivity index (χ0n) is 12.0. The molecule has 0 aliphatic heterocycles. The van der Waals surface area contributed by atoms with E-state index < -0.39 is 12.0 Å². The van der Waals surface area contributed by atoms with Crippen molar-refractivity contribution >= 4 is 5.91 Å². The van der Waals surface area contributed by atoms with Crippen molar-refractivity contribution in [3.63, 3.8) is 0 Å². The topological polar surface area (TPSA) is 71.5 Å². The van der Waals surface area contributed by atoms with Gasteiger partial charge in [0.1, 0.15) is 0 Å². The molecule has 0 saturated heterocycles. The Morgan fingerprint density at radius 3 is 3.10 bits per heavy atom. The first-order valence-electron chi connectivity index (χ1n) is 6.84. The minimum Gasteiger partial charge on any atom is -0.477 e. The normalized spacial score (nSPS) is 12.3. The van der Waals surface area contributed by atoms with Gasteiger partial charge < -0.3 is 15.2 Å². The highest BCUT2D eigenvalue weighted by molar-refractivity contribution is 5.82. The molecule has 1 atom stereocenters. The highest BCUT2D eigenvalue weighted by Crippen LogP contribution is 2.14. The van der Waals surface area contributed by atoms with Gasteiger partial charge in [-0.05, 0) is 19.4 Å². The Balaban J connectivity index is 2.56. The number of amides is 1. The van der Waals surface area contributed by atoms with Crippen LogP contribution in [0.3, 0.4) is 0 Å². The van der Waals surface area contributed by atoms with Gasteiger partial charge in [-0.25, -0.2) is 4.98 Å². The number of pyridine rings is 1. The molecule has 1 aromatic rings. The van der Waals surface area contributed by atoms with Gasteiger partial charge in [-0.15, -0.1) is 0 Å². The van der Waals surface area contributed by atoms with Gasteiger partial charge >= 0.3 is 0 Å². The predicted octanol–water partition coefficient (Wildman–Crippen LogP) is 1.81. The Hall–Kier alpha value is -1.88. The summed E-state index contributed by atoms with van der Waals surface area (Å²) in [7, 11) is 0. The van der Waals surface area contributed by atoms with Gasteiger partial charge in [0.15, 0.2) is 6.10 Å². The third-order valence-electron chi connectivity index (χ3n) is 2.68. The molecule has 20 heavy (non-hydrogen) atoms. The van der Waals surface area contributed by atoms with E-state index in [1.165, 1.54) is 6.08 Å². The minimum absolute atomic E-state index is 0.281. The maximum Gasteiger partial charge on any atom is 0.253 e. The van der Waals surface area contributed by atoms with E-state index in [0.717, 1.165) is 18.4 Å². The lowest BCUT2D eigenvalue weighted by Gasteiger charge is -2.11. The summed E-state index contributed by atoms with van der Waals surface area (Å²) in [5.41, 5.74) is 0.796. The van der Waals surface area contributed by atoms with Crippen LogP contribution in [0.2, 0.25) is 0 Å². The Bertz CT molecular complexity index is 446. The van der Waals surface area contributed by atoms with Crippen LogP contribution >= 0.6 is 0 Å². The molecule has 0 aromatic carbocycles. The lowest BCUT2D eigenvalue weighted by atomic mass is 10.2. The molecule has 0 aliphatic carbocycles.